The summed E-state index contributed by atoms with van der Waals surface area (Å²) in [5.41, 5.74) is 5.99. The summed E-state index contributed by atoms with van der Waals surface area (Å²) in [6, 6.07) is 0. The van der Waals surface area contributed by atoms with E-state index in [2.05, 4.69) is 21.9 Å². The number of nitrogen functional groups attached to an aromatic ring is 1. The van der Waals surface area contributed by atoms with Gasteiger partial charge >= 0.3 is 5.97 Å². The van der Waals surface area contributed by atoms with E-state index >= 15 is 0 Å². The SMILES string of the molecule is CCCCCCCCCCCCCCCCCC(=O)OC[C@H](CC(OCC)OCC)Cn1cnc2c(=O)[nH]c(N)nc21. The number of carbonyl (C=O) groups is 1. The van der Waals surface area contributed by atoms with Crippen LogP contribution in [0, 0.1) is 5.92 Å². The van der Waals surface area contributed by atoms with Gasteiger partial charge in [-0.25, -0.2) is 4.98 Å². The average Bonchev–Trinajstić information content (AvgIpc) is 3.36. The maximum atomic E-state index is 12.5. The molecule has 0 aliphatic rings. The van der Waals surface area contributed by atoms with Gasteiger partial charge in [0.25, 0.3) is 5.56 Å². The number of aromatic nitrogens is 4. The molecule has 0 saturated carbocycles. The predicted octanol–water partition coefficient (Wildman–Crippen LogP) is 6.91. The zero-order valence-electron chi connectivity index (χ0n) is 26.5. The van der Waals surface area contributed by atoms with Crippen molar-refractivity contribution in [3.05, 3.63) is 16.7 Å². The molecule has 2 rings (SSSR count). The number of imidazole rings is 1. The lowest BCUT2D eigenvalue weighted by atomic mass is 10.0. The van der Waals surface area contributed by atoms with Gasteiger partial charge in [0.15, 0.2) is 17.5 Å². The van der Waals surface area contributed by atoms with E-state index in [0.717, 1.165) is 12.8 Å². The summed E-state index contributed by atoms with van der Waals surface area (Å²) in [6.07, 6.45) is 21.4. The number of fused-ring (bicyclic) bond motifs is 1. The second-order valence-electron chi connectivity index (χ2n) is 11.3. The lowest BCUT2D eigenvalue weighted by molar-refractivity contribution is -0.157. The summed E-state index contributed by atoms with van der Waals surface area (Å²) in [7, 11) is 0. The third-order valence-electron chi connectivity index (χ3n) is 7.64. The lowest BCUT2D eigenvalue weighted by Crippen LogP contribution is -2.27. The number of rotatable bonds is 26. The highest BCUT2D eigenvalue weighted by Gasteiger charge is 2.21. The van der Waals surface area contributed by atoms with Gasteiger partial charge in [0.05, 0.1) is 12.9 Å². The zero-order chi connectivity index (χ0) is 30.4. The molecule has 42 heavy (non-hydrogen) atoms. The Bertz CT molecular complexity index is 1030. The van der Waals surface area contributed by atoms with E-state index in [9.17, 15) is 9.59 Å². The largest absolute Gasteiger partial charge is 0.465 e. The number of unbranched alkanes of at least 4 members (excludes halogenated alkanes) is 14. The number of anilines is 1. The molecule has 0 spiro atoms. The van der Waals surface area contributed by atoms with Crippen LogP contribution in [0.4, 0.5) is 5.95 Å². The van der Waals surface area contributed by atoms with Gasteiger partial charge in [0, 0.05) is 38.5 Å². The van der Waals surface area contributed by atoms with Gasteiger partial charge in [-0.3, -0.25) is 14.6 Å². The number of H-pyrrole nitrogens is 1. The number of nitrogens with zero attached hydrogens (tertiary/aromatic N) is 3. The first-order valence-electron chi connectivity index (χ1n) is 16.6. The van der Waals surface area contributed by atoms with Crippen LogP contribution in [-0.2, 0) is 25.5 Å². The molecule has 0 saturated heterocycles. The van der Waals surface area contributed by atoms with E-state index in [4.69, 9.17) is 19.9 Å². The van der Waals surface area contributed by atoms with Gasteiger partial charge in [-0.15, -0.1) is 0 Å². The minimum atomic E-state index is -0.421. The van der Waals surface area contributed by atoms with Crippen LogP contribution in [0.1, 0.15) is 130 Å². The highest BCUT2D eigenvalue weighted by molar-refractivity contribution is 5.70. The molecule has 240 valence electrons. The monoisotopic (exact) mass is 591 g/mol. The molecule has 2 aromatic rings. The van der Waals surface area contributed by atoms with E-state index in [0.29, 0.717) is 38.2 Å². The third kappa shape index (κ3) is 14.6. The molecule has 1 atom stereocenters. The van der Waals surface area contributed by atoms with E-state index in [1.807, 2.05) is 13.8 Å². The Balaban J connectivity index is 1.68. The number of nitrogens with two attached hydrogens (primary N) is 1. The van der Waals surface area contributed by atoms with Crippen LogP contribution in [0.15, 0.2) is 11.1 Å². The molecule has 0 fully saturated rings. The second-order valence-corrected chi connectivity index (χ2v) is 11.3. The highest BCUT2D eigenvalue weighted by atomic mass is 16.7. The number of carbonyl (C=O) groups excluding carboxylic acids is 1. The molecule has 0 amide bonds. The first-order valence-corrected chi connectivity index (χ1v) is 16.6. The molecule has 0 aliphatic heterocycles. The number of ether oxygens (including phenoxy) is 3. The van der Waals surface area contributed by atoms with Crippen LogP contribution in [0.3, 0.4) is 0 Å². The van der Waals surface area contributed by atoms with Gasteiger partial charge in [-0.05, 0) is 20.3 Å². The van der Waals surface area contributed by atoms with Gasteiger partial charge in [0.1, 0.15) is 0 Å². The molecular formula is C32H57N5O5. The first-order chi connectivity index (χ1) is 20.5. The van der Waals surface area contributed by atoms with Crippen molar-refractivity contribution in [3.8, 4) is 0 Å². The smallest absolute Gasteiger partial charge is 0.305 e. The Morgan fingerprint density at radius 3 is 1.98 bits per heavy atom. The normalized spacial score (nSPS) is 12.4. The number of hydrogen-bond acceptors (Lipinski definition) is 8. The fourth-order valence-electron chi connectivity index (χ4n) is 5.33. The standard InChI is InChI=1S/C32H57N5O5/c1-4-7-8-9-10-11-12-13-14-15-16-17-18-19-20-21-27(38)42-24-26(22-28(40-5-2)41-6-3)23-37-25-34-29-30(37)35-32(33)36-31(29)39/h25-26,28H,4-24H2,1-3H3,(H3,33,35,36,39)/t26-/m1/s1. The van der Waals surface area contributed by atoms with Crippen molar-refractivity contribution in [2.45, 2.75) is 143 Å². The Hall–Kier alpha value is -2.46. The minimum absolute atomic E-state index is 0.0298. The molecule has 0 aromatic carbocycles. The summed E-state index contributed by atoms with van der Waals surface area (Å²) < 4.78 is 19.0. The summed E-state index contributed by atoms with van der Waals surface area (Å²) in [4.78, 5) is 35.6. The molecule has 0 radical (unpaired) electrons. The molecule has 0 unspecified atom stereocenters. The van der Waals surface area contributed by atoms with Crippen LogP contribution in [-0.4, -0.2) is 51.6 Å². The molecule has 10 nitrogen and oxygen atoms in total. The molecule has 3 N–H and O–H groups in total. The maximum absolute atomic E-state index is 12.5. The van der Waals surface area contributed by atoms with E-state index in [-0.39, 0.29) is 35.5 Å². The zero-order valence-corrected chi connectivity index (χ0v) is 26.5. The van der Waals surface area contributed by atoms with Crippen molar-refractivity contribution in [3.63, 3.8) is 0 Å². The Morgan fingerprint density at radius 1 is 0.881 bits per heavy atom. The van der Waals surface area contributed by atoms with Gasteiger partial charge in [-0.2, -0.15) is 4.98 Å². The van der Waals surface area contributed by atoms with E-state index in [1.54, 1.807) is 10.9 Å². The van der Waals surface area contributed by atoms with Gasteiger partial charge < -0.3 is 24.5 Å². The molecular weight excluding hydrogens is 534 g/mol. The Kier molecular flexibility index (Phi) is 18.8. The van der Waals surface area contributed by atoms with E-state index in [1.165, 1.54) is 83.5 Å². The number of nitrogens with one attached hydrogen (secondary N) is 1. The van der Waals surface area contributed by atoms with Crippen molar-refractivity contribution in [2.75, 3.05) is 25.6 Å². The van der Waals surface area contributed by atoms with Crippen LogP contribution in [0.5, 0.6) is 0 Å². The van der Waals surface area contributed by atoms with Crippen LogP contribution < -0.4 is 11.3 Å². The average molecular weight is 592 g/mol. The fourth-order valence-corrected chi connectivity index (χ4v) is 5.33. The Labute approximate surface area is 252 Å². The maximum Gasteiger partial charge on any atom is 0.305 e. The number of hydrogen-bond donors (Lipinski definition) is 2. The first kappa shape index (κ1) is 35.7. The molecule has 2 heterocycles. The van der Waals surface area contributed by atoms with Crippen molar-refractivity contribution in [1.29, 1.82) is 0 Å². The van der Waals surface area contributed by atoms with Gasteiger partial charge in [-0.1, -0.05) is 96.8 Å². The van der Waals surface area contributed by atoms with Crippen molar-refractivity contribution in [1.82, 2.24) is 19.5 Å². The van der Waals surface area contributed by atoms with Gasteiger partial charge in [0.2, 0.25) is 5.95 Å². The lowest BCUT2D eigenvalue weighted by Gasteiger charge is -2.24. The summed E-state index contributed by atoms with van der Waals surface area (Å²) in [6.45, 7) is 7.77. The van der Waals surface area contributed by atoms with Crippen molar-refractivity contribution >= 4 is 23.1 Å². The molecule has 0 bridgehead atoms. The quantitative estimate of drug-likeness (QED) is 0.0684. The highest BCUT2D eigenvalue weighted by Crippen LogP contribution is 2.18. The second kappa shape index (κ2) is 22.1. The number of aromatic amines is 1. The summed E-state index contributed by atoms with van der Waals surface area (Å²) in [5.74, 6) is -0.284. The molecule has 0 aliphatic carbocycles. The molecule has 10 heteroatoms. The van der Waals surface area contributed by atoms with Crippen LogP contribution >= 0.6 is 0 Å². The van der Waals surface area contributed by atoms with Crippen molar-refractivity contribution < 1.29 is 19.0 Å². The summed E-state index contributed by atoms with van der Waals surface area (Å²) in [5, 5.41) is 0. The fraction of sp³-hybridized carbons (Fsp3) is 0.812. The minimum Gasteiger partial charge on any atom is -0.465 e. The van der Waals surface area contributed by atoms with Crippen LogP contribution in [0.2, 0.25) is 0 Å². The predicted molar refractivity (Wildman–Crippen MR) is 168 cm³/mol. The molecule has 2 aromatic heterocycles. The number of esters is 1. The third-order valence-corrected chi connectivity index (χ3v) is 7.64. The van der Waals surface area contributed by atoms with E-state index < -0.39 is 6.29 Å². The van der Waals surface area contributed by atoms with Crippen molar-refractivity contribution in [2.24, 2.45) is 5.92 Å². The topological polar surface area (TPSA) is 134 Å². The Morgan fingerprint density at radius 2 is 1.43 bits per heavy atom. The summed E-state index contributed by atoms with van der Waals surface area (Å²) >= 11 is 0. The van der Waals surface area contributed by atoms with Crippen LogP contribution in [0.25, 0.3) is 11.2 Å².